The van der Waals surface area contributed by atoms with E-state index in [1.165, 1.54) is 11.8 Å². The van der Waals surface area contributed by atoms with Gasteiger partial charge in [-0.05, 0) is 51.1 Å². The summed E-state index contributed by atoms with van der Waals surface area (Å²) in [6.07, 6.45) is 3.43. The first kappa shape index (κ1) is 22.5. The first-order valence-electron chi connectivity index (χ1n) is 10.5. The lowest BCUT2D eigenvalue weighted by molar-refractivity contribution is 0.0999. The van der Waals surface area contributed by atoms with Gasteiger partial charge in [0, 0.05) is 47.0 Å². The average Bonchev–Trinajstić information content (AvgIpc) is 3.39. The monoisotopic (exact) mass is 460 g/mol. The predicted octanol–water partition coefficient (Wildman–Crippen LogP) is 4.14. The highest BCUT2D eigenvalue weighted by atomic mass is 32.2. The van der Waals surface area contributed by atoms with E-state index in [-0.39, 0.29) is 17.4 Å². The van der Waals surface area contributed by atoms with Crippen LogP contribution in [0.25, 0.3) is 11.4 Å². The SMILES string of the molecule is CCn1c(SCC(=O)c2cc(C)n(NC(=O)c3ccccc3)c2C)nnc1-c1ccncc1. The molecule has 1 aromatic carbocycles. The molecule has 0 spiro atoms. The molecule has 0 fully saturated rings. The van der Waals surface area contributed by atoms with Gasteiger partial charge in [-0.15, -0.1) is 10.2 Å². The molecule has 0 aliphatic carbocycles. The number of aryl methyl sites for hydroxylation is 1. The zero-order valence-electron chi connectivity index (χ0n) is 18.6. The summed E-state index contributed by atoms with van der Waals surface area (Å²) in [4.78, 5) is 29.6. The van der Waals surface area contributed by atoms with Crippen LogP contribution in [0.5, 0.6) is 0 Å². The van der Waals surface area contributed by atoms with E-state index in [0.29, 0.717) is 28.5 Å². The van der Waals surface area contributed by atoms with Crippen molar-refractivity contribution in [2.24, 2.45) is 0 Å². The van der Waals surface area contributed by atoms with Crippen LogP contribution >= 0.6 is 11.8 Å². The van der Waals surface area contributed by atoms with Gasteiger partial charge in [0.25, 0.3) is 5.91 Å². The molecule has 33 heavy (non-hydrogen) atoms. The molecule has 4 aromatic rings. The second-order valence-corrected chi connectivity index (χ2v) is 8.37. The molecule has 4 rings (SSSR count). The number of carbonyl (C=O) groups is 2. The molecule has 3 aromatic heterocycles. The minimum Gasteiger partial charge on any atom is -0.302 e. The quantitative estimate of drug-likeness (QED) is 0.314. The molecule has 0 saturated carbocycles. The Kier molecular flexibility index (Phi) is 6.69. The summed E-state index contributed by atoms with van der Waals surface area (Å²) in [7, 11) is 0. The Morgan fingerprint density at radius 2 is 1.76 bits per heavy atom. The summed E-state index contributed by atoms with van der Waals surface area (Å²) < 4.78 is 3.64. The van der Waals surface area contributed by atoms with Crippen molar-refractivity contribution in [1.29, 1.82) is 0 Å². The predicted molar refractivity (Wildman–Crippen MR) is 128 cm³/mol. The van der Waals surface area contributed by atoms with E-state index in [9.17, 15) is 9.59 Å². The number of amides is 1. The van der Waals surface area contributed by atoms with Gasteiger partial charge in [-0.25, -0.2) is 0 Å². The number of nitrogens with one attached hydrogen (secondary N) is 1. The first-order valence-corrected chi connectivity index (χ1v) is 11.5. The molecule has 1 amide bonds. The topological polar surface area (TPSA) is 94.7 Å². The van der Waals surface area contributed by atoms with E-state index < -0.39 is 0 Å². The van der Waals surface area contributed by atoms with Crippen LogP contribution in [0.3, 0.4) is 0 Å². The molecule has 3 heterocycles. The number of Topliss-reactive ketones (excluding diaryl/α,β-unsaturated/α-hetero) is 1. The molecule has 8 nitrogen and oxygen atoms in total. The molecule has 0 radical (unpaired) electrons. The van der Waals surface area contributed by atoms with Crippen LogP contribution in [-0.2, 0) is 6.54 Å². The standard InChI is InChI=1S/C24H24N6O2S/c1-4-29-22(18-10-12-25-13-11-18)26-27-24(29)33-15-21(31)20-14-16(2)30(17(20)3)28-23(32)19-8-6-5-7-9-19/h5-14H,4,15H2,1-3H3,(H,28,32). The lowest BCUT2D eigenvalue weighted by Crippen LogP contribution is -2.25. The maximum atomic E-state index is 13.0. The highest BCUT2D eigenvalue weighted by molar-refractivity contribution is 7.99. The average molecular weight is 461 g/mol. The Hall–Kier alpha value is -3.72. The van der Waals surface area contributed by atoms with Gasteiger partial charge in [0.05, 0.1) is 5.75 Å². The van der Waals surface area contributed by atoms with Crippen LogP contribution in [0.2, 0.25) is 0 Å². The number of benzene rings is 1. The zero-order chi connectivity index (χ0) is 23.4. The van der Waals surface area contributed by atoms with Crippen molar-refractivity contribution < 1.29 is 9.59 Å². The van der Waals surface area contributed by atoms with E-state index in [4.69, 9.17) is 0 Å². The first-order chi connectivity index (χ1) is 16.0. The van der Waals surface area contributed by atoms with Crippen LogP contribution in [0, 0.1) is 13.8 Å². The Balaban J connectivity index is 1.48. The second-order valence-electron chi connectivity index (χ2n) is 7.43. The largest absolute Gasteiger partial charge is 0.302 e. The molecule has 1 N–H and O–H groups in total. The van der Waals surface area contributed by atoms with Crippen molar-refractivity contribution >= 4 is 23.5 Å². The molecule has 0 unspecified atom stereocenters. The van der Waals surface area contributed by atoms with E-state index in [0.717, 1.165) is 17.1 Å². The van der Waals surface area contributed by atoms with Crippen molar-refractivity contribution in [2.45, 2.75) is 32.5 Å². The molecule has 0 bridgehead atoms. The molecule has 0 aliphatic heterocycles. The molecule has 9 heteroatoms. The smallest absolute Gasteiger partial charge is 0.270 e. The van der Waals surface area contributed by atoms with Crippen LogP contribution in [0.1, 0.15) is 39.0 Å². The van der Waals surface area contributed by atoms with Crippen molar-refractivity contribution in [3.63, 3.8) is 0 Å². The summed E-state index contributed by atoms with van der Waals surface area (Å²) in [6.45, 7) is 6.38. The molecular formula is C24H24N6O2S. The lowest BCUT2D eigenvalue weighted by atomic mass is 10.2. The third-order valence-electron chi connectivity index (χ3n) is 5.28. The number of thioether (sulfide) groups is 1. The number of rotatable bonds is 8. The van der Waals surface area contributed by atoms with E-state index in [2.05, 4.69) is 20.6 Å². The van der Waals surface area contributed by atoms with Crippen LogP contribution < -0.4 is 5.43 Å². The van der Waals surface area contributed by atoms with Gasteiger partial charge in [0.15, 0.2) is 16.8 Å². The summed E-state index contributed by atoms with van der Waals surface area (Å²) in [5.41, 5.74) is 6.40. The van der Waals surface area contributed by atoms with Crippen LogP contribution in [0.4, 0.5) is 0 Å². The van der Waals surface area contributed by atoms with Gasteiger partial charge in [0.2, 0.25) is 0 Å². The van der Waals surface area contributed by atoms with E-state index in [1.54, 1.807) is 35.3 Å². The number of hydrogen-bond donors (Lipinski definition) is 1. The number of nitrogens with zero attached hydrogens (tertiary/aromatic N) is 5. The number of hydrogen-bond acceptors (Lipinski definition) is 6. The molecular weight excluding hydrogens is 436 g/mol. The highest BCUT2D eigenvalue weighted by Gasteiger charge is 2.20. The Bertz CT molecular complexity index is 1280. The summed E-state index contributed by atoms with van der Waals surface area (Å²) in [6, 6.07) is 14.5. The fourth-order valence-electron chi connectivity index (χ4n) is 3.58. The Morgan fingerprint density at radius 3 is 2.45 bits per heavy atom. The summed E-state index contributed by atoms with van der Waals surface area (Å²) in [5.74, 6) is 0.692. The van der Waals surface area contributed by atoms with Gasteiger partial charge in [-0.3, -0.25) is 24.7 Å². The highest BCUT2D eigenvalue weighted by Crippen LogP contribution is 2.25. The fraction of sp³-hybridized carbons (Fsp3) is 0.208. The van der Waals surface area contributed by atoms with Crippen molar-refractivity contribution in [1.82, 2.24) is 24.4 Å². The number of ketones is 1. The maximum Gasteiger partial charge on any atom is 0.270 e. The third kappa shape index (κ3) is 4.73. The Labute approximate surface area is 196 Å². The van der Waals surface area contributed by atoms with Crippen molar-refractivity contribution in [2.75, 3.05) is 11.2 Å². The minimum atomic E-state index is -0.231. The minimum absolute atomic E-state index is 0.0376. The number of carbonyl (C=O) groups excluding carboxylic acids is 2. The van der Waals surface area contributed by atoms with Crippen molar-refractivity contribution in [3.8, 4) is 11.4 Å². The maximum absolute atomic E-state index is 13.0. The molecule has 0 atom stereocenters. The van der Waals surface area contributed by atoms with Gasteiger partial charge in [0.1, 0.15) is 0 Å². The van der Waals surface area contributed by atoms with E-state index in [1.807, 2.05) is 55.7 Å². The molecule has 0 aliphatic rings. The zero-order valence-corrected chi connectivity index (χ0v) is 19.5. The second kappa shape index (κ2) is 9.83. The number of aromatic nitrogens is 5. The van der Waals surface area contributed by atoms with Gasteiger partial charge < -0.3 is 4.57 Å². The summed E-state index contributed by atoms with van der Waals surface area (Å²) >= 11 is 1.35. The summed E-state index contributed by atoms with van der Waals surface area (Å²) in [5, 5.41) is 9.28. The van der Waals surface area contributed by atoms with E-state index >= 15 is 0 Å². The van der Waals surface area contributed by atoms with Crippen LogP contribution in [0.15, 0.2) is 66.1 Å². The van der Waals surface area contributed by atoms with Crippen molar-refractivity contribution in [3.05, 3.63) is 83.4 Å². The fourth-order valence-corrected chi connectivity index (χ4v) is 4.46. The lowest BCUT2D eigenvalue weighted by Gasteiger charge is -2.11. The van der Waals surface area contributed by atoms with Crippen LogP contribution in [-0.4, -0.2) is 41.9 Å². The van der Waals surface area contributed by atoms with Gasteiger partial charge in [-0.2, -0.15) is 0 Å². The Morgan fingerprint density at radius 1 is 1.03 bits per heavy atom. The van der Waals surface area contributed by atoms with Gasteiger partial charge in [-0.1, -0.05) is 30.0 Å². The molecule has 168 valence electrons. The normalized spacial score (nSPS) is 10.9. The number of pyridine rings is 1. The van der Waals surface area contributed by atoms with Gasteiger partial charge >= 0.3 is 0 Å². The third-order valence-corrected chi connectivity index (χ3v) is 6.25. The molecule has 0 saturated heterocycles.